The predicted molar refractivity (Wildman–Crippen MR) is 92.2 cm³/mol. The SMILES string of the molecule is C=C[C@]12OC(=O)[C@H](CCO[Si](C)(C)C(C)(C)C)[C@H]1CC2(C)C. The summed E-state index contributed by atoms with van der Waals surface area (Å²) in [6.07, 6.45) is 3.64. The molecule has 0 amide bonds. The second kappa shape index (κ2) is 5.20. The first-order valence-corrected chi connectivity index (χ1v) is 11.3. The van der Waals surface area contributed by atoms with Crippen molar-refractivity contribution in [3.05, 3.63) is 12.7 Å². The average Bonchev–Trinajstić information content (AvgIpc) is 2.59. The van der Waals surface area contributed by atoms with Gasteiger partial charge in [-0.25, -0.2) is 0 Å². The van der Waals surface area contributed by atoms with Crippen molar-refractivity contribution >= 4 is 14.3 Å². The Kier molecular flexibility index (Phi) is 4.19. The van der Waals surface area contributed by atoms with E-state index >= 15 is 0 Å². The molecule has 0 unspecified atom stereocenters. The van der Waals surface area contributed by atoms with Crippen molar-refractivity contribution in [3.63, 3.8) is 0 Å². The van der Waals surface area contributed by atoms with Gasteiger partial charge in [-0.2, -0.15) is 0 Å². The Morgan fingerprint density at radius 3 is 2.41 bits per heavy atom. The van der Waals surface area contributed by atoms with Gasteiger partial charge in [0.15, 0.2) is 8.32 Å². The van der Waals surface area contributed by atoms with Crippen molar-refractivity contribution in [2.24, 2.45) is 17.3 Å². The van der Waals surface area contributed by atoms with Gasteiger partial charge in [0.1, 0.15) is 5.60 Å². The molecule has 2 fully saturated rings. The van der Waals surface area contributed by atoms with E-state index in [2.05, 4.69) is 54.3 Å². The van der Waals surface area contributed by atoms with E-state index in [1.165, 1.54) is 0 Å². The van der Waals surface area contributed by atoms with Crippen LogP contribution in [0.3, 0.4) is 0 Å². The van der Waals surface area contributed by atoms with Crippen LogP contribution in [0.4, 0.5) is 0 Å². The van der Waals surface area contributed by atoms with E-state index in [0.717, 1.165) is 12.8 Å². The van der Waals surface area contributed by atoms with E-state index in [-0.39, 0.29) is 28.3 Å². The van der Waals surface area contributed by atoms with Crippen LogP contribution in [0.15, 0.2) is 12.7 Å². The lowest BCUT2D eigenvalue weighted by Crippen LogP contribution is -2.59. The van der Waals surface area contributed by atoms with Gasteiger partial charge in [-0.15, -0.1) is 0 Å². The summed E-state index contributed by atoms with van der Waals surface area (Å²) in [6.45, 7) is 20.1. The molecule has 1 aliphatic carbocycles. The van der Waals surface area contributed by atoms with Crippen molar-refractivity contribution < 1.29 is 14.0 Å². The molecule has 0 bridgehead atoms. The highest BCUT2D eigenvalue weighted by Crippen LogP contribution is 2.63. The Balaban J connectivity index is 1.99. The van der Waals surface area contributed by atoms with Crippen LogP contribution in [0.1, 0.15) is 47.5 Å². The molecule has 0 spiro atoms. The topological polar surface area (TPSA) is 35.5 Å². The fraction of sp³-hybridized carbons (Fsp3) is 0.833. The van der Waals surface area contributed by atoms with Gasteiger partial charge >= 0.3 is 5.97 Å². The number of hydrogen-bond acceptors (Lipinski definition) is 3. The quantitative estimate of drug-likeness (QED) is 0.423. The zero-order valence-corrected chi connectivity index (χ0v) is 16.3. The summed E-state index contributed by atoms with van der Waals surface area (Å²) < 4.78 is 12.0. The van der Waals surface area contributed by atoms with E-state index in [1.54, 1.807) is 0 Å². The first kappa shape index (κ1) is 17.7. The minimum atomic E-state index is -1.75. The maximum absolute atomic E-state index is 12.3. The monoisotopic (exact) mass is 324 g/mol. The molecule has 0 aromatic carbocycles. The number of ether oxygens (including phenoxy) is 1. The molecule has 1 saturated heterocycles. The zero-order valence-electron chi connectivity index (χ0n) is 15.3. The van der Waals surface area contributed by atoms with Gasteiger partial charge in [0.25, 0.3) is 0 Å². The third-order valence-corrected chi connectivity index (χ3v) is 10.9. The number of carbonyl (C=O) groups is 1. The molecule has 1 aliphatic heterocycles. The van der Waals surface area contributed by atoms with Gasteiger partial charge in [0.2, 0.25) is 0 Å². The molecule has 4 heteroatoms. The molecule has 0 aromatic rings. The summed E-state index contributed by atoms with van der Waals surface area (Å²) in [5.74, 6) is 0.181. The van der Waals surface area contributed by atoms with E-state index in [9.17, 15) is 4.79 Å². The van der Waals surface area contributed by atoms with Gasteiger partial charge in [0, 0.05) is 17.9 Å². The van der Waals surface area contributed by atoms with E-state index in [1.807, 2.05) is 6.08 Å². The number of fused-ring (bicyclic) bond motifs is 1. The molecule has 0 N–H and O–H groups in total. The smallest absolute Gasteiger partial charge is 0.310 e. The molecule has 1 heterocycles. The van der Waals surface area contributed by atoms with Crippen LogP contribution in [0.25, 0.3) is 0 Å². The minimum absolute atomic E-state index is 0.00408. The van der Waals surface area contributed by atoms with E-state index in [0.29, 0.717) is 6.61 Å². The van der Waals surface area contributed by atoms with Crippen LogP contribution in [0.5, 0.6) is 0 Å². The van der Waals surface area contributed by atoms with Gasteiger partial charge in [-0.05, 0) is 37.0 Å². The van der Waals surface area contributed by atoms with Crippen molar-refractivity contribution in [1.29, 1.82) is 0 Å². The zero-order chi connectivity index (χ0) is 17.0. The van der Waals surface area contributed by atoms with Gasteiger partial charge in [0.05, 0.1) is 5.92 Å². The first-order chi connectivity index (χ1) is 9.88. The standard InChI is InChI=1S/C18H32O3Si/c1-9-18-14(12-17(18,5)6)13(15(19)21-18)10-11-20-22(7,8)16(2,3)4/h9,13-14H,1,10-12H2,2-8H3/t13-,14-,18+/m1/s1. The Morgan fingerprint density at radius 2 is 2.00 bits per heavy atom. The fourth-order valence-electron chi connectivity index (χ4n) is 3.74. The largest absolute Gasteiger partial charge is 0.454 e. The molecule has 1 saturated carbocycles. The molecule has 2 rings (SSSR count). The lowest BCUT2D eigenvalue weighted by atomic mass is 9.50. The summed E-state index contributed by atoms with van der Waals surface area (Å²) in [4.78, 5) is 12.3. The van der Waals surface area contributed by atoms with Crippen molar-refractivity contribution in [2.75, 3.05) is 6.61 Å². The number of esters is 1. The van der Waals surface area contributed by atoms with Crippen LogP contribution in [0, 0.1) is 17.3 Å². The van der Waals surface area contributed by atoms with Crippen LogP contribution < -0.4 is 0 Å². The maximum Gasteiger partial charge on any atom is 0.310 e. The summed E-state index contributed by atoms with van der Waals surface area (Å²) >= 11 is 0. The van der Waals surface area contributed by atoms with Crippen LogP contribution in [0.2, 0.25) is 18.1 Å². The van der Waals surface area contributed by atoms with Crippen LogP contribution >= 0.6 is 0 Å². The molecule has 22 heavy (non-hydrogen) atoms. The minimum Gasteiger partial charge on any atom is -0.454 e. The Hall–Kier alpha value is -0.613. The van der Waals surface area contributed by atoms with Gasteiger partial charge < -0.3 is 9.16 Å². The summed E-state index contributed by atoms with van der Waals surface area (Å²) in [6, 6.07) is 0. The summed E-state index contributed by atoms with van der Waals surface area (Å²) in [5, 5.41) is 0.201. The molecular formula is C18H32O3Si. The maximum atomic E-state index is 12.3. The van der Waals surface area contributed by atoms with Gasteiger partial charge in [-0.3, -0.25) is 4.79 Å². The highest BCUT2D eigenvalue weighted by Gasteiger charge is 2.69. The summed E-state index contributed by atoms with van der Waals surface area (Å²) in [7, 11) is -1.75. The van der Waals surface area contributed by atoms with Crippen molar-refractivity contribution in [2.45, 2.75) is 71.2 Å². The van der Waals surface area contributed by atoms with Crippen molar-refractivity contribution in [3.8, 4) is 0 Å². The Bertz CT molecular complexity index is 475. The Morgan fingerprint density at radius 1 is 1.41 bits per heavy atom. The van der Waals surface area contributed by atoms with Crippen LogP contribution in [-0.4, -0.2) is 26.5 Å². The normalized spacial score (nSPS) is 33.9. The molecule has 2 aliphatic rings. The number of rotatable bonds is 5. The van der Waals surface area contributed by atoms with Crippen molar-refractivity contribution in [1.82, 2.24) is 0 Å². The number of carbonyl (C=O) groups excluding carboxylic acids is 1. The van der Waals surface area contributed by atoms with E-state index < -0.39 is 13.9 Å². The lowest BCUT2D eigenvalue weighted by Gasteiger charge is -2.55. The highest BCUT2D eigenvalue weighted by molar-refractivity contribution is 6.74. The average molecular weight is 325 g/mol. The Labute approximate surface area is 136 Å². The molecule has 0 radical (unpaired) electrons. The second-order valence-corrected chi connectivity index (χ2v) is 13.9. The summed E-state index contributed by atoms with van der Waals surface area (Å²) in [5.41, 5.74) is -0.449. The predicted octanol–water partition coefficient (Wildman–Crippen LogP) is 4.54. The highest BCUT2D eigenvalue weighted by atomic mass is 28.4. The van der Waals surface area contributed by atoms with Gasteiger partial charge in [-0.1, -0.05) is 41.2 Å². The molecule has 126 valence electrons. The third kappa shape index (κ3) is 2.48. The molecule has 3 nitrogen and oxygen atoms in total. The van der Waals surface area contributed by atoms with E-state index in [4.69, 9.17) is 9.16 Å². The molecular weight excluding hydrogens is 292 g/mol. The first-order valence-electron chi connectivity index (χ1n) is 8.38. The fourth-order valence-corrected chi connectivity index (χ4v) is 4.80. The lowest BCUT2D eigenvalue weighted by molar-refractivity contribution is -0.173. The molecule has 0 aromatic heterocycles. The molecule has 3 atom stereocenters. The van der Waals surface area contributed by atoms with Crippen LogP contribution in [-0.2, 0) is 14.0 Å². The third-order valence-electron chi connectivity index (χ3n) is 6.40. The second-order valence-electron chi connectivity index (χ2n) is 9.12. The number of hydrogen-bond donors (Lipinski definition) is 0.